The summed E-state index contributed by atoms with van der Waals surface area (Å²) < 4.78 is 23.8. The highest BCUT2D eigenvalue weighted by Crippen LogP contribution is 2.43. The Balaban J connectivity index is 2.75. The third-order valence-electron chi connectivity index (χ3n) is 5.59. The van der Waals surface area contributed by atoms with Crippen LogP contribution in [0.1, 0.15) is 54.4 Å². The Morgan fingerprint density at radius 3 is 2.25 bits per heavy atom. The lowest BCUT2D eigenvalue weighted by molar-refractivity contribution is -0.139. The van der Waals surface area contributed by atoms with Crippen LogP contribution in [0.4, 0.5) is 0 Å². The lowest BCUT2D eigenvalue weighted by atomic mass is 10.1. The average molecular weight is 528 g/mol. The number of benzene rings is 1. The molecule has 5 nitrogen and oxygen atoms in total. The number of esters is 1. The van der Waals surface area contributed by atoms with Crippen molar-refractivity contribution in [1.82, 2.24) is 0 Å². The van der Waals surface area contributed by atoms with Gasteiger partial charge in [0.05, 0.1) is 11.6 Å². The summed E-state index contributed by atoms with van der Waals surface area (Å²) in [6.45, 7) is 17.4. The first-order valence-corrected chi connectivity index (χ1v) is 14.6. The molecule has 0 aliphatic carbocycles. The maximum Gasteiger partial charge on any atom is 0.302 e. The fraction of sp³-hybridized carbons (Fsp3) is 0.560. The zero-order valence-electron chi connectivity index (χ0n) is 21.1. The van der Waals surface area contributed by atoms with Gasteiger partial charge in [-0.25, -0.2) is 0 Å². The normalized spacial score (nSPS) is 13.1. The molecule has 180 valence electrons. The van der Waals surface area contributed by atoms with E-state index in [4.69, 9.17) is 18.6 Å². The van der Waals surface area contributed by atoms with Crippen molar-refractivity contribution in [2.45, 2.75) is 72.5 Å². The SMILES string of the molecule is COc1cc(O[Si](C)(C)C(C)(C)C)c(Br)cc1OC/C(C)=C/CC/C(C)=C/COC(C)=O. The Morgan fingerprint density at radius 1 is 1.03 bits per heavy atom. The van der Waals surface area contributed by atoms with Crippen molar-refractivity contribution in [2.75, 3.05) is 20.3 Å². The van der Waals surface area contributed by atoms with Crippen LogP contribution in [0.15, 0.2) is 39.9 Å². The molecule has 0 atom stereocenters. The quantitative estimate of drug-likeness (QED) is 0.170. The minimum atomic E-state index is -1.97. The number of methoxy groups -OCH3 is 1. The van der Waals surface area contributed by atoms with E-state index >= 15 is 0 Å². The van der Waals surface area contributed by atoms with Gasteiger partial charge in [-0.3, -0.25) is 4.79 Å². The Labute approximate surface area is 203 Å². The van der Waals surface area contributed by atoms with Crippen LogP contribution < -0.4 is 13.9 Å². The molecule has 1 aromatic rings. The van der Waals surface area contributed by atoms with Crippen LogP contribution in [0.5, 0.6) is 17.2 Å². The number of carbonyl (C=O) groups is 1. The summed E-state index contributed by atoms with van der Waals surface area (Å²) in [7, 11) is -0.331. The van der Waals surface area contributed by atoms with E-state index in [1.165, 1.54) is 12.5 Å². The molecule has 1 rings (SSSR count). The highest BCUT2D eigenvalue weighted by molar-refractivity contribution is 9.10. The van der Waals surface area contributed by atoms with Crippen LogP contribution in [0.3, 0.4) is 0 Å². The second-order valence-electron chi connectivity index (χ2n) is 9.53. The van der Waals surface area contributed by atoms with E-state index in [2.05, 4.69) is 55.9 Å². The molecule has 0 radical (unpaired) electrons. The van der Waals surface area contributed by atoms with Gasteiger partial charge < -0.3 is 18.6 Å². The smallest absolute Gasteiger partial charge is 0.302 e. The molecule has 0 aliphatic heterocycles. The molecule has 0 N–H and O–H groups in total. The number of carbonyl (C=O) groups excluding carboxylic acids is 1. The van der Waals surface area contributed by atoms with Crippen LogP contribution >= 0.6 is 15.9 Å². The van der Waals surface area contributed by atoms with E-state index in [1.54, 1.807) is 7.11 Å². The van der Waals surface area contributed by atoms with Crippen molar-refractivity contribution in [3.8, 4) is 17.2 Å². The second kappa shape index (κ2) is 12.5. The second-order valence-corrected chi connectivity index (χ2v) is 15.1. The summed E-state index contributed by atoms with van der Waals surface area (Å²) in [6.07, 6.45) is 5.92. The van der Waals surface area contributed by atoms with Gasteiger partial charge in [-0.1, -0.05) is 32.4 Å². The lowest BCUT2D eigenvalue weighted by Gasteiger charge is -2.36. The van der Waals surface area contributed by atoms with Crippen molar-refractivity contribution in [3.63, 3.8) is 0 Å². The molecule has 0 saturated carbocycles. The highest BCUT2D eigenvalue weighted by atomic mass is 79.9. The van der Waals surface area contributed by atoms with E-state index < -0.39 is 8.32 Å². The van der Waals surface area contributed by atoms with Crippen LogP contribution in [0.25, 0.3) is 0 Å². The van der Waals surface area contributed by atoms with Gasteiger partial charge in [0.2, 0.25) is 0 Å². The predicted molar refractivity (Wildman–Crippen MR) is 137 cm³/mol. The van der Waals surface area contributed by atoms with Gasteiger partial charge in [0.25, 0.3) is 8.32 Å². The van der Waals surface area contributed by atoms with Crippen molar-refractivity contribution < 1.29 is 23.4 Å². The first-order chi connectivity index (χ1) is 14.8. The topological polar surface area (TPSA) is 54.0 Å². The first-order valence-electron chi connectivity index (χ1n) is 10.9. The van der Waals surface area contributed by atoms with Gasteiger partial charge in [0.1, 0.15) is 19.0 Å². The van der Waals surface area contributed by atoms with E-state index in [-0.39, 0.29) is 11.0 Å². The number of hydrogen-bond donors (Lipinski definition) is 0. The standard InChI is InChI=1S/C25H39BrO5Si/c1-18(13-14-29-20(3)27)11-10-12-19(2)17-30-24-15-21(26)22(16-23(24)28-7)31-32(8,9)25(4,5)6/h12-13,15-16H,10-11,14,17H2,1-9H3/b18-13+,19-12+. The monoisotopic (exact) mass is 526 g/mol. The van der Waals surface area contributed by atoms with Gasteiger partial charge in [-0.2, -0.15) is 0 Å². The predicted octanol–water partition coefficient (Wildman–Crippen LogP) is 7.46. The molecular formula is C25H39BrO5Si. The van der Waals surface area contributed by atoms with Gasteiger partial charge >= 0.3 is 5.97 Å². The van der Waals surface area contributed by atoms with Crippen molar-refractivity contribution in [3.05, 3.63) is 39.9 Å². The fourth-order valence-corrected chi connectivity index (χ4v) is 4.07. The van der Waals surface area contributed by atoms with Gasteiger partial charge in [0, 0.05) is 19.1 Å². The summed E-state index contributed by atoms with van der Waals surface area (Å²) in [5, 5.41) is 0.102. The first kappa shape index (κ1) is 28.3. The average Bonchev–Trinajstić information content (AvgIpc) is 2.66. The Morgan fingerprint density at radius 2 is 1.69 bits per heavy atom. The summed E-state index contributed by atoms with van der Waals surface area (Å²) in [5.41, 5.74) is 2.33. The molecule has 1 aromatic carbocycles. The molecule has 0 bridgehead atoms. The lowest BCUT2D eigenvalue weighted by Crippen LogP contribution is -2.43. The minimum absolute atomic E-state index is 0.102. The molecule has 0 unspecified atom stereocenters. The molecule has 0 saturated heterocycles. The molecule has 0 heterocycles. The van der Waals surface area contributed by atoms with E-state index in [9.17, 15) is 4.79 Å². The molecule has 0 aliphatic rings. The molecule has 0 amide bonds. The Hall–Kier alpha value is -1.73. The van der Waals surface area contributed by atoms with E-state index in [1.807, 2.05) is 32.1 Å². The van der Waals surface area contributed by atoms with Crippen LogP contribution in [-0.4, -0.2) is 34.6 Å². The number of ether oxygens (including phenoxy) is 3. The maximum absolute atomic E-state index is 10.8. The highest BCUT2D eigenvalue weighted by Gasteiger charge is 2.39. The third-order valence-corrected chi connectivity index (χ3v) is 10.6. The van der Waals surface area contributed by atoms with Gasteiger partial charge in [0.15, 0.2) is 11.5 Å². The Kier molecular flexibility index (Phi) is 11.0. The minimum Gasteiger partial charge on any atom is -0.543 e. The molecule has 0 fully saturated rings. The Bertz CT molecular complexity index is 837. The van der Waals surface area contributed by atoms with Crippen LogP contribution in [0.2, 0.25) is 18.1 Å². The zero-order valence-corrected chi connectivity index (χ0v) is 23.6. The van der Waals surface area contributed by atoms with Crippen molar-refractivity contribution in [1.29, 1.82) is 0 Å². The van der Waals surface area contributed by atoms with Gasteiger partial charge in [-0.05, 0) is 72.4 Å². The summed E-state index contributed by atoms with van der Waals surface area (Å²) in [6, 6.07) is 3.81. The number of allylic oxidation sites excluding steroid dienone is 2. The number of rotatable bonds is 11. The number of halogens is 1. The fourth-order valence-electron chi connectivity index (χ4n) is 2.50. The molecule has 0 spiro atoms. The summed E-state index contributed by atoms with van der Waals surface area (Å²) in [5.74, 6) is 1.85. The van der Waals surface area contributed by atoms with E-state index in [0.29, 0.717) is 24.7 Å². The van der Waals surface area contributed by atoms with Crippen molar-refractivity contribution in [2.24, 2.45) is 0 Å². The summed E-state index contributed by atoms with van der Waals surface area (Å²) in [4.78, 5) is 10.8. The van der Waals surface area contributed by atoms with Gasteiger partial charge in [-0.15, -0.1) is 0 Å². The maximum atomic E-state index is 10.8. The number of hydrogen-bond acceptors (Lipinski definition) is 5. The van der Waals surface area contributed by atoms with Crippen molar-refractivity contribution >= 4 is 30.2 Å². The van der Waals surface area contributed by atoms with Crippen LogP contribution in [0, 0.1) is 0 Å². The summed E-state index contributed by atoms with van der Waals surface area (Å²) >= 11 is 3.63. The van der Waals surface area contributed by atoms with Crippen LogP contribution in [-0.2, 0) is 9.53 Å². The molecule has 7 heteroatoms. The third kappa shape index (κ3) is 9.41. The largest absolute Gasteiger partial charge is 0.543 e. The zero-order chi connectivity index (χ0) is 24.5. The molecule has 0 aromatic heterocycles. The molecule has 32 heavy (non-hydrogen) atoms. The van der Waals surface area contributed by atoms with E-state index in [0.717, 1.165) is 28.6 Å². The molecular weight excluding hydrogens is 488 g/mol.